The van der Waals surface area contributed by atoms with E-state index in [9.17, 15) is 18.3 Å². The summed E-state index contributed by atoms with van der Waals surface area (Å²) >= 11 is 5.96. The van der Waals surface area contributed by atoms with Crippen LogP contribution >= 0.6 is 11.6 Å². The summed E-state index contributed by atoms with van der Waals surface area (Å²) in [6.45, 7) is -0.181. The second-order valence-electron chi connectivity index (χ2n) is 4.63. The van der Waals surface area contributed by atoms with E-state index < -0.39 is 16.1 Å². The van der Waals surface area contributed by atoms with E-state index in [2.05, 4.69) is 10.0 Å². The number of carbonyl (C=O) groups is 1. The Morgan fingerprint density at radius 3 is 2.90 bits per heavy atom. The predicted molar refractivity (Wildman–Crippen MR) is 76.9 cm³/mol. The van der Waals surface area contributed by atoms with Gasteiger partial charge in [0.15, 0.2) is 0 Å². The first-order valence-electron chi connectivity index (χ1n) is 6.12. The number of amides is 1. The summed E-state index contributed by atoms with van der Waals surface area (Å²) in [5.74, 6) is -0.209. The molecule has 3 N–H and O–H groups in total. The van der Waals surface area contributed by atoms with Crippen molar-refractivity contribution in [2.75, 3.05) is 25.6 Å². The minimum absolute atomic E-state index is 0.00433. The molecule has 1 aromatic rings. The molecule has 1 atom stereocenters. The fourth-order valence-corrected chi connectivity index (χ4v) is 3.62. The third-order valence-corrected chi connectivity index (χ3v) is 4.83. The fourth-order valence-electron chi connectivity index (χ4n) is 1.97. The lowest BCUT2D eigenvalue weighted by atomic mass is 10.2. The van der Waals surface area contributed by atoms with Crippen molar-refractivity contribution in [2.24, 2.45) is 0 Å². The van der Waals surface area contributed by atoms with Crippen molar-refractivity contribution in [3.63, 3.8) is 0 Å². The number of carbonyl (C=O) groups excluding carboxylic acids is 1. The maximum Gasteiger partial charge on any atom is 0.242 e. The highest BCUT2D eigenvalue weighted by Gasteiger charge is 2.25. The molecule has 0 aromatic heterocycles. The van der Waals surface area contributed by atoms with Crippen molar-refractivity contribution >= 4 is 33.2 Å². The number of hydrogen-bond acceptors (Lipinski definition) is 5. The molecule has 0 fully saturated rings. The normalized spacial score (nSPS) is 15.7. The first-order valence-corrected chi connectivity index (χ1v) is 7.98. The molecule has 1 aromatic carbocycles. The lowest BCUT2D eigenvalue weighted by molar-refractivity contribution is -0.115. The Morgan fingerprint density at radius 1 is 1.52 bits per heavy atom. The number of benzene rings is 1. The summed E-state index contributed by atoms with van der Waals surface area (Å²) < 4.78 is 31.4. The number of halogens is 1. The van der Waals surface area contributed by atoms with E-state index >= 15 is 0 Å². The Labute approximate surface area is 127 Å². The molecule has 0 spiro atoms. The van der Waals surface area contributed by atoms with Crippen LogP contribution in [0, 0.1) is 0 Å². The maximum absolute atomic E-state index is 12.2. The molecule has 1 aliphatic rings. The number of sulfonamides is 1. The minimum Gasteiger partial charge on any atom is -0.389 e. The third kappa shape index (κ3) is 3.72. The van der Waals surface area contributed by atoms with Crippen LogP contribution in [0.4, 0.5) is 5.69 Å². The zero-order valence-electron chi connectivity index (χ0n) is 11.2. The summed E-state index contributed by atoms with van der Waals surface area (Å²) in [4.78, 5) is 11.2. The summed E-state index contributed by atoms with van der Waals surface area (Å²) in [7, 11) is -2.48. The second kappa shape index (κ2) is 6.29. The summed E-state index contributed by atoms with van der Waals surface area (Å²) in [6, 6.07) is 2.77. The van der Waals surface area contributed by atoms with Gasteiger partial charge in [-0.05, 0) is 17.7 Å². The van der Waals surface area contributed by atoms with E-state index in [1.807, 2.05) is 0 Å². The molecule has 0 aliphatic carbocycles. The van der Waals surface area contributed by atoms with Crippen LogP contribution in [0.2, 0.25) is 5.02 Å². The van der Waals surface area contributed by atoms with Crippen LogP contribution < -0.4 is 10.0 Å². The van der Waals surface area contributed by atoms with E-state index in [0.29, 0.717) is 11.3 Å². The van der Waals surface area contributed by atoms with E-state index in [-0.39, 0.29) is 35.4 Å². The third-order valence-electron chi connectivity index (χ3n) is 2.94. The number of aliphatic hydroxyl groups excluding tert-OH is 1. The van der Waals surface area contributed by atoms with Crippen LogP contribution in [-0.2, 0) is 26.0 Å². The van der Waals surface area contributed by atoms with Gasteiger partial charge in [-0.25, -0.2) is 13.1 Å². The van der Waals surface area contributed by atoms with Crippen LogP contribution in [0.15, 0.2) is 17.0 Å². The number of methoxy groups -OCH3 is 1. The number of ether oxygens (including phenoxy) is 1. The van der Waals surface area contributed by atoms with Gasteiger partial charge in [0, 0.05) is 19.3 Å². The highest BCUT2D eigenvalue weighted by Crippen LogP contribution is 2.32. The van der Waals surface area contributed by atoms with Gasteiger partial charge in [0.05, 0.1) is 24.2 Å². The van der Waals surface area contributed by atoms with Crippen LogP contribution in [-0.4, -0.2) is 45.8 Å². The molecule has 0 saturated carbocycles. The van der Waals surface area contributed by atoms with Crippen molar-refractivity contribution in [3.8, 4) is 0 Å². The standard InChI is InChI=1S/C12H15ClN2O5S/c1-20-6-8(16)5-14-21(18,19)11-2-7-3-12(17)15-10(7)4-9(11)13/h2,4,8,14,16H,3,5-6H2,1H3,(H,15,17). The lowest BCUT2D eigenvalue weighted by Gasteiger charge is -2.13. The second-order valence-corrected chi connectivity index (χ2v) is 6.77. The van der Waals surface area contributed by atoms with Gasteiger partial charge >= 0.3 is 0 Å². The summed E-state index contributed by atoms with van der Waals surface area (Å²) in [5.41, 5.74) is 1.09. The molecule has 116 valence electrons. The van der Waals surface area contributed by atoms with Gasteiger partial charge in [-0.2, -0.15) is 0 Å². The molecule has 1 aliphatic heterocycles. The quantitative estimate of drug-likeness (QED) is 0.685. The summed E-state index contributed by atoms with van der Waals surface area (Å²) in [6.07, 6.45) is -0.845. The number of nitrogens with one attached hydrogen (secondary N) is 2. The Balaban J connectivity index is 2.21. The van der Waals surface area contributed by atoms with E-state index in [4.69, 9.17) is 16.3 Å². The van der Waals surface area contributed by atoms with Crippen molar-refractivity contribution < 1.29 is 23.1 Å². The average Bonchev–Trinajstić information content (AvgIpc) is 2.75. The number of hydrogen-bond donors (Lipinski definition) is 3. The predicted octanol–water partition coefficient (Wildman–Crippen LogP) is 0.120. The van der Waals surface area contributed by atoms with Gasteiger partial charge in [-0.1, -0.05) is 11.6 Å². The Hall–Kier alpha value is -1.19. The van der Waals surface area contributed by atoms with Gasteiger partial charge in [0.1, 0.15) is 4.90 Å². The smallest absolute Gasteiger partial charge is 0.242 e. The highest BCUT2D eigenvalue weighted by atomic mass is 35.5. The van der Waals surface area contributed by atoms with E-state index in [1.54, 1.807) is 0 Å². The molecule has 9 heteroatoms. The van der Waals surface area contributed by atoms with Crippen LogP contribution in [0.25, 0.3) is 0 Å². The Bertz CT molecular complexity index is 662. The van der Waals surface area contributed by atoms with Gasteiger partial charge in [0.25, 0.3) is 0 Å². The van der Waals surface area contributed by atoms with Crippen molar-refractivity contribution in [2.45, 2.75) is 17.4 Å². The van der Waals surface area contributed by atoms with E-state index in [0.717, 1.165) is 0 Å². The molecule has 2 rings (SSSR count). The van der Waals surface area contributed by atoms with Gasteiger partial charge in [-0.3, -0.25) is 4.79 Å². The van der Waals surface area contributed by atoms with Gasteiger partial charge < -0.3 is 15.2 Å². The minimum atomic E-state index is -3.88. The molecule has 0 saturated heterocycles. The van der Waals surface area contributed by atoms with Crippen molar-refractivity contribution in [3.05, 3.63) is 22.7 Å². The molecule has 1 amide bonds. The molecular weight excluding hydrogens is 320 g/mol. The Kier molecular flexibility index (Phi) is 4.84. The van der Waals surface area contributed by atoms with E-state index in [1.165, 1.54) is 19.2 Å². The molecule has 21 heavy (non-hydrogen) atoms. The first kappa shape index (κ1) is 16.2. The number of rotatable bonds is 6. The van der Waals surface area contributed by atoms with Crippen LogP contribution in [0.1, 0.15) is 5.56 Å². The topological polar surface area (TPSA) is 105 Å². The average molecular weight is 335 g/mol. The van der Waals surface area contributed by atoms with Crippen molar-refractivity contribution in [1.29, 1.82) is 0 Å². The largest absolute Gasteiger partial charge is 0.389 e. The fraction of sp³-hybridized carbons (Fsp3) is 0.417. The lowest BCUT2D eigenvalue weighted by Crippen LogP contribution is -2.34. The molecule has 0 bridgehead atoms. The van der Waals surface area contributed by atoms with Crippen LogP contribution in [0.5, 0.6) is 0 Å². The number of fused-ring (bicyclic) bond motifs is 1. The molecule has 1 unspecified atom stereocenters. The molecule has 0 radical (unpaired) electrons. The number of anilines is 1. The van der Waals surface area contributed by atoms with Gasteiger partial charge in [-0.15, -0.1) is 0 Å². The molecule has 1 heterocycles. The first-order chi connectivity index (χ1) is 9.83. The van der Waals surface area contributed by atoms with Crippen LogP contribution in [0.3, 0.4) is 0 Å². The van der Waals surface area contributed by atoms with Crippen molar-refractivity contribution in [1.82, 2.24) is 4.72 Å². The maximum atomic E-state index is 12.2. The summed E-state index contributed by atoms with van der Waals surface area (Å²) in [5, 5.41) is 12.1. The monoisotopic (exact) mass is 334 g/mol. The SMILES string of the molecule is COCC(O)CNS(=O)(=O)c1cc2c(cc1Cl)NC(=O)C2. The number of aliphatic hydroxyl groups is 1. The highest BCUT2D eigenvalue weighted by molar-refractivity contribution is 7.89. The zero-order chi connectivity index (χ0) is 15.6. The zero-order valence-corrected chi connectivity index (χ0v) is 12.8. The Morgan fingerprint density at radius 2 is 2.24 bits per heavy atom. The van der Waals surface area contributed by atoms with Gasteiger partial charge in [0.2, 0.25) is 15.9 Å². The molecule has 7 nitrogen and oxygen atoms in total. The molecular formula is C12H15ClN2O5S.